The second-order valence-corrected chi connectivity index (χ2v) is 6.04. The summed E-state index contributed by atoms with van der Waals surface area (Å²) in [7, 11) is 3.96. The maximum atomic E-state index is 12.4. The van der Waals surface area contributed by atoms with E-state index < -0.39 is 0 Å². The molecule has 1 amide bonds. The van der Waals surface area contributed by atoms with Crippen molar-refractivity contribution < 1.29 is 9.59 Å². The average Bonchev–Trinajstić information content (AvgIpc) is 2.54. The second kappa shape index (κ2) is 8.34. The Balaban J connectivity index is 2.07. The Kier molecular flexibility index (Phi) is 6.19. The van der Waals surface area contributed by atoms with E-state index in [9.17, 15) is 9.59 Å². The number of ketones is 1. The van der Waals surface area contributed by atoms with E-state index >= 15 is 0 Å². The van der Waals surface area contributed by atoms with Crippen LogP contribution < -0.4 is 10.6 Å². The van der Waals surface area contributed by atoms with Crippen LogP contribution >= 0.6 is 0 Å². The van der Waals surface area contributed by atoms with Gasteiger partial charge in [-0.2, -0.15) is 0 Å². The number of benzene rings is 1. The van der Waals surface area contributed by atoms with Crippen molar-refractivity contribution in [2.45, 2.75) is 13.8 Å². The molecule has 2 N–H and O–H groups in total. The van der Waals surface area contributed by atoms with Gasteiger partial charge in [-0.1, -0.05) is 0 Å². The normalized spacial score (nSPS) is 10.6. The largest absolute Gasteiger partial charge is 0.353 e. The number of hydrogen-bond acceptors (Lipinski definition) is 6. The second-order valence-electron chi connectivity index (χ2n) is 6.04. The molecule has 0 fully saturated rings. The standard InChI is InChI=1S/C18H23N5O2/c1-12-11-16(22-18(20-12)19-9-10-23(3)4)17(25)21-15-7-5-14(6-8-15)13(2)24/h5-8,11H,9-10H2,1-4H3,(H,21,25)(H,19,20,22). The van der Waals surface area contributed by atoms with Gasteiger partial charge in [0.25, 0.3) is 5.91 Å². The smallest absolute Gasteiger partial charge is 0.274 e. The van der Waals surface area contributed by atoms with Crippen molar-refractivity contribution in [2.75, 3.05) is 37.8 Å². The molecule has 0 saturated heterocycles. The summed E-state index contributed by atoms with van der Waals surface area (Å²) in [6.45, 7) is 4.84. The Morgan fingerprint density at radius 1 is 1.12 bits per heavy atom. The first-order valence-corrected chi connectivity index (χ1v) is 8.02. The number of anilines is 2. The molecule has 7 heteroatoms. The Morgan fingerprint density at radius 3 is 2.40 bits per heavy atom. The van der Waals surface area contributed by atoms with Gasteiger partial charge in [0.1, 0.15) is 5.69 Å². The van der Waals surface area contributed by atoms with Crippen molar-refractivity contribution in [3.63, 3.8) is 0 Å². The fourth-order valence-electron chi connectivity index (χ4n) is 2.14. The van der Waals surface area contributed by atoms with E-state index in [2.05, 4.69) is 20.6 Å². The molecule has 7 nitrogen and oxygen atoms in total. The lowest BCUT2D eigenvalue weighted by molar-refractivity contribution is 0.101. The van der Waals surface area contributed by atoms with Gasteiger partial charge >= 0.3 is 0 Å². The summed E-state index contributed by atoms with van der Waals surface area (Å²) in [5.74, 6) is 0.0911. The Morgan fingerprint density at radius 2 is 1.80 bits per heavy atom. The number of nitrogens with zero attached hydrogens (tertiary/aromatic N) is 3. The third kappa shape index (κ3) is 5.65. The number of rotatable bonds is 7. The van der Waals surface area contributed by atoms with Crippen LogP contribution in [-0.4, -0.2) is 53.7 Å². The first-order chi connectivity index (χ1) is 11.8. The third-order valence-corrected chi connectivity index (χ3v) is 3.48. The summed E-state index contributed by atoms with van der Waals surface area (Å²) < 4.78 is 0. The molecule has 2 rings (SSSR count). The van der Waals surface area contributed by atoms with Gasteiger partial charge in [0.2, 0.25) is 5.95 Å². The summed E-state index contributed by atoms with van der Waals surface area (Å²) in [6.07, 6.45) is 0. The first-order valence-electron chi connectivity index (χ1n) is 8.02. The molecule has 0 atom stereocenters. The molecule has 1 aromatic heterocycles. The maximum absolute atomic E-state index is 12.4. The SMILES string of the molecule is CC(=O)c1ccc(NC(=O)c2cc(C)nc(NCCN(C)C)n2)cc1. The minimum atomic E-state index is -0.322. The molecule has 132 valence electrons. The highest BCUT2D eigenvalue weighted by atomic mass is 16.2. The highest BCUT2D eigenvalue weighted by Crippen LogP contribution is 2.12. The van der Waals surface area contributed by atoms with E-state index in [1.807, 2.05) is 25.9 Å². The summed E-state index contributed by atoms with van der Waals surface area (Å²) in [5.41, 5.74) is 2.20. The van der Waals surface area contributed by atoms with Crippen LogP contribution in [0.5, 0.6) is 0 Å². The molecule has 0 saturated carbocycles. The molecule has 1 aromatic carbocycles. The third-order valence-electron chi connectivity index (χ3n) is 3.48. The quantitative estimate of drug-likeness (QED) is 0.751. The van der Waals surface area contributed by atoms with Crippen LogP contribution in [0.25, 0.3) is 0 Å². The first kappa shape index (κ1) is 18.5. The molecular formula is C18H23N5O2. The predicted molar refractivity (Wildman–Crippen MR) is 98.2 cm³/mol. The molecule has 0 unspecified atom stereocenters. The molecule has 0 aliphatic heterocycles. The summed E-state index contributed by atoms with van der Waals surface area (Å²) in [5, 5.41) is 5.89. The highest BCUT2D eigenvalue weighted by Gasteiger charge is 2.11. The highest BCUT2D eigenvalue weighted by molar-refractivity contribution is 6.03. The van der Waals surface area contributed by atoms with E-state index in [1.165, 1.54) is 6.92 Å². The molecule has 0 aliphatic carbocycles. The predicted octanol–water partition coefficient (Wildman–Crippen LogP) is 2.21. The molecule has 0 spiro atoms. The van der Waals surface area contributed by atoms with E-state index in [4.69, 9.17) is 0 Å². The van der Waals surface area contributed by atoms with Crippen LogP contribution in [0, 0.1) is 6.92 Å². The van der Waals surface area contributed by atoms with E-state index in [-0.39, 0.29) is 17.4 Å². The molecule has 1 heterocycles. The van der Waals surface area contributed by atoms with Crippen molar-refractivity contribution >= 4 is 23.3 Å². The summed E-state index contributed by atoms with van der Waals surface area (Å²) in [6, 6.07) is 8.38. The summed E-state index contributed by atoms with van der Waals surface area (Å²) >= 11 is 0. The van der Waals surface area contributed by atoms with Gasteiger partial charge in [0.15, 0.2) is 5.78 Å². The number of hydrogen-bond donors (Lipinski definition) is 2. The lowest BCUT2D eigenvalue weighted by Gasteiger charge is -2.11. The van der Waals surface area contributed by atoms with Gasteiger partial charge in [-0.3, -0.25) is 9.59 Å². The number of amides is 1. The van der Waals surface area contributed by atoms with Crippen LogP contribution in [0.15, 0.2) is 30.3 Å². The molecule has 25 heavy (non-hydrogen) atoms. The fourth-order valence-corrected chi connectivity index (χ4v) is 2.14. The number of likely N-dealkylation sites (N-methyl/N-ethyl adjacent to an activating group) is 1. The Bertz CT molecular complexity index is 757. The minimum Gasteiger partial charge on any atom is -0.353 e. The van der Waals surface area contributed by atoms with E-state index in [0.717, 1.165) is 6.54 Å². The van der Waals surface area contributed by atoms with E-state index in [1.54, 1.807) is 30.3 Å². The van der Waals surface area contributed by atoms with Crippen molar-refractivity contribution in [3.8, 4) is 0 Å². The fraction of sp³-hybridized carbons (Fsp3) is 0.333. The molecule has 0 radical (unpaired) electrons. The zero-order valence-corrected chi connectivity index (χ0v) is 15.0. The zero-order chi connectivity index (χ0) is 18.4. The van der Waals surface area contributed by atoms with Crippen LogP contribution in [0.3, 0.4) is 0 Å². The van der Waals surface area contributed by atoms with Crippen LogP contribution in [-0.2, 0) is 0 Å². The number of carbonyl (C=O) groups is 2. The van der Waals surface area contributed by atoms with Crippen molar-refractivity contribution in [1.82, 2.24) is 14.9 Å². The zero-order valence-electron chi connectivity index (χ0n) is 15.0. The maximum Gasteiger partial charge on any atom is 0.274 e. The van der Waals surface area contributed by atoms with Gasteiger partial charge in [-0.25, -0.2) is 9.97 Å². The topological polar surface area (TPSA) is 87.2 Å². The molecule has 0 bridgehead atoms. The van der Waals surface area contributed by atoms with Gasteiger partial charge in [-0.05, 0) is 58.3 Å². The van der Waals surface area contributed by atoms with Crippen LogP contribution in [0.2, 0.25) is 0 Å². The molecule has 0 aliphatic rings. The lowest BCUT2D eigenvalue weighted by Crippen LogP contribution is -2.22. The Labute approximate surface area is 147 Å². The van der Waals surface area contributed by atoms with Crippen molar-refractivity contribution in [3.05, 3.63) is 47.3 Å². The van der Waals surface area contributed by atoms with Gasteiger partial charge in [0, 0.05) is 30.0 Å². The van der Waals surface area contributed by atoms with Crippen molar-refractivity contribution in [2.24, 2.45) is 0 Å². The number of aryl methyl sites for hydroxylation is 1. The van der Waals surface area contributed by atoms with Crippen LogP contribution in [0.1, 0.15) is 33.5 Å². The number of Topliss-reactive ketones (excluding diaryl/α,β-unsaturated/α-hetero) is 1. The monoisotopic (exact) mass is 341 g/mol. The van der Waals surface area contributed by atoms with Gasteiger partial charge < -0.3 is 15.5 Å². The lowest BCUT2D eigenvalue weighted by atomic mass is 10.1. The number of nitrogens with one attached hydrogen (secondary N) is 2. The van der Waals surface area contributed by atoms with Gasteiger partial charge in [-0.15, -0.1) is 0 Å². The molecular weight excluding hydrogens is 318 g/mol. The van der Waals surface area contributed by atoms with Crippen molar-refractivity contribution in [1.29, 1.82) is 0 Å². The minimum absolute atomic E-state index is 0.0160. The summed E-state index contributed by atoms with van der Waals surface area (Å²) in [4.78, 5) is 34.3. The Hall–Kier alpha value is -2.80. The van der Waals surface area contributed by atoms with Gasteiger partial charge in [0.05, 0.1) is 0 Å². The number of aromatic nitrogens is 2. The van der Waals surface area contributed by atoms with Crippen LogP contribution in [0.4, 0.5) is 11.6 Å². The molecule has 2 aromatic rings. The number of carbonyl (C=O) groups excluding carboxylic acids is 2. The van der Waals surface area contributed by atoms with E-state index in [0.29, 0.717) is 29.4 Å². The average molecular weight is 341 g/mol.